The van der Waals surface area contributed by atoms with Gasteiger partial charge < -0.3 is 5.11 Å². The lowest BCUT2D eigenvalue weighted by Gasteiger charge is -2.08. The van der Waals surface area contributed by atoms with Gasteiger partial charge in [-0.1, -0.05) is 11.6 Å². The van der Waals surface area contributed by atoms with Crippen LogP contribution in [0.4, 0.5) is 0 Å². The van der Waals surface area contributed by atoms with Gasteiger partial charge in [-0.3, -0.25) is 4.98 Å². The second-order valence-electron chi connectivity index (χ2n) is 4.04. The zero-order valence-corrected chi connectivity index (χ0v) is 11.0. The first-order valence-corrected chi connectivity index (χ1v) is 5.71. The van der Waals surface area contributed by atoms with E-state index in [9.17, 15) is 9.90 Å². The number of halogens is 1. The summed E-state index contributed by atoms with van der Waals surface area (Å²) >= 11 is 6.07. The van der Waals surface area contributed by atoms with Gasteiger partial charge in [-0.15, -0.1) is 0 Å². The van der Waals surface area contributed by atoms with E-state index in [0.717, 1.165) is 5.69 Å². The van der Waals surface area contributed by atoms with Gasteiger partial charge in [0.2, 0.25) is 0 Å². The summed E-state index contributed by atoms with van der Waals surface area (Å²) in [6.45, 7) is 5.37. The molecule has 0 saturated heterocycles. The Morgan fingerprint density at radius 2 is 2.06 bits per heavy atom. The molecule has 0 bridgehead atoms. The second-order valence-corrected chi connectivity index (χ2v) is 4.42. The largest absolute Gasteiger partial charge is 0.478 e. The predicted octanol–water partition coefficient (Wildman–Crippen LogP) is 2.54. The molecule has 0 aromatic carbocycles. The Balaban J connectivity index is 2.73. The van der Waals surface area contributed by atoms with Crippen LogP contribution in [0, 0.1) is 20.8 Å². The molecule has 0 fully saturated rings. The van der Waals surface area contributed by atoms with E-state index >= 15 is 0 Å². The Morgan fingerprint density at radius 1 is 1.39 bits per heavy atom. The van der Waals surface area contributed by atoms with E-state index in [1.807, 2.05) is 0 Å². The van der Waals surface area contributed by atoms with Gasteiger partial charge in [-0.25, -0.2) is 9.48 Å². The molecular weight excluding hydrogens is 254 g/mol. The van der Waals surface area contributed by atoms with Crippen molar-refractivity contribution in [2.75, 3.05) is 0 Å². The maximum absolute atomic E-state index is 11.2. The fourth-order valence-electron chi connectivity index (χ4n) is 1.74. The second kappa shape index (κ2) is 4.42. The molecule has 0 aliphatic heterocycles. The molecule has 0 unspecified atom stereocenters. The zero-order chi connectivity index (χ0) is 13.4. The van der Waals surface area contributed by atoms with E-state index < -0.39 is 5.97 Å². The monoisotopic (exact) mass is 265 g/mol. The molecule has 0 amide bonds. The lowest BCUT2D eigenvalue weighted by molar-refractivity contribution is 0.0696. The molecule has 0 aliphatic rings. The molecule has 94 valence electrons. The van der Waals surface area contributed by atoms with Crippen LogP contribution in [-0.4, -0.2) is 25.8 Å². The lowest BCUT2D eigenvalue weighted by atomic mass is 10.2. The van der Waals surface area contributed by atoms with Crippen molar-refractivity contribution >= 4 is 17.6 Å². The van der Waals surface area contributed by atoms with Gasteiger partial charge in [0.1, 0.15) is 5.56 Å². The van der Waals surface area contributed by atoms with Crippen molar-refractivity contribution in [3.8, 4) is 5.69 Å². The van der Waals surface area contributed by atoms with E-state index in [4.69, 9.17) is 11.6 Å². The Morgan fingerprint density at radius 3 is 2.56 bits per heavy atom. The van der Waals surface area contributed by atoms with Crippen LogP contribution in [0.2, 0.25) is 5.02 Å². The summed E-state index contributed by atoms with van der Waals surface area (Å²) in [5.41, 5.74) is 2.67. The number of pyridine rings is 1. The molecule has 1 N–H and O–H groups in total. The quantitative estimate of drug-likeness (QED) is 0.906. The number of aryl methyl sites for hydroxylation is 2. The molecule has 2 aromatic rings. The van der Waals surface area contributed by atoms with Crippen LogP contribution in [0.3, 0.4) is 0 Å². The van der Waals surface area contributed by atoms with Crippen LogP contribution in [-0.2, 0) is 0 Å². The number of nitrogens with zero attached hydrogens (tertiary/aromatic N) is 3. The van der Waals surface area contributed by atoms with Crippen molar-refractivity contribution in [3.63, 3.8) is 0 Å². The Kier molecular flexibility index (Phi) is 3.09. The molecule has 0 atom stereocenters. The highest BCUT2D eigenvalue weighted by atomic mass is 35.5. The minimum absolute atomic E-state index is 0.0999. The van der Waals surface area contributed by atoms with Gasteiger partial charge in [-0.05, 0) is 26.8 Å². The van der Waals surface area contributed by atoms with Crippen LogP contribution < -0.4 is 0 Å². The van der Waals surface area contributed by atoms with E-state index in [2.05, 4.69) is 10.1 Å². The average molecular weight is 266 g/mol. The number of carboxylic acid groups (broad SMARTS) is 1. The normalized spacial score (nSPS) is 10.7. The van der Waals surface area contributed by atoms with E-state index in [0.29, 0.717) is 22.1 Å². The molecule has 2 aromatic heterocycles. The highest BCUT2D eigenvalue weighted by molar-refractivity contribution is 6.31. The number of hydrogen-bond donors (Lipinski definition) is 1. The molecule has 0 spiro atoms. The first-order chi connectivity index (χ1) is 8.41. The van der Waals surface area contributed by atoms with Crippen molar-refractivity contribution in [2.45, 2.75) is 20.8 Å². The third kappa shape index (κ3) is 1.97. The Hall–Kier alpha value is -1.88. The van der Waals surface area contributed by atoms with Gasteiger partial charge in [0.15, 0.2) is 0 Å². The lowest BCUT2D eigenvalue weighted by Crippen LogP contribution is -2.09. The average Bonchev–Trinajstić information content (AvgIpc) is 2.56. The van der Waals surface area contributed by atoms with Crippen molar-refractivity contribution in [2.24, 2.45) is 0 Å². The highest BCUT2D eigenvalue weighted by Gasteiger charge is 2.17. The number of carboxylic acids is 1. The Bertz CT molecular complexity index is 634. The Labute approximate surface area is 109 Å². The third-order valence-electron chi connectivity index (χ3n) is 2.68. The third-order valence-corrected chi connectivity index (χ3v) is 3.23. The van der Waals surface area contributed by atoms with Gasteiger partial charge in [0, 0.05) is 11.9 Å². The van der Waals surface area contributed by atoms with Gasteiger partial charge >= 0.3 is 5.97 Å². The summed E-state index contributed by atoms with van der Waals surface area (Å²) in [7, 11) is 0. The van der Waals surface area contributed by atoms with Crippen LogP contribution >= 0.6 is 11.6 Å². The van der Waals surface area contributed by atoms with Gasteiger partial charge in [0.05, 0.1) is 22.1 Å². The van der Waals surface area contributed by atoms with Crippen molar-refractivity contribution in [3.05, 3.63) is 39.9 Å². The van der Waals surface area contributed by atoms with Crippen LogP contribution in [0.5, 0.6) is 0 Å². The number of aromatic carboxylic acids is 1. The molecule has 6 heteroatoms. The van der Waals surface area contributed by atoms with Gasteiger partial charge in [-0.2, -0.15) is 5.10 Å². The topological polar surface area (TPSA) is 68.0 Å². The molecule has 5 nitrogen and oxygen atoms in total. The van der Waals surface area contributed by atoms with Crippen molar-refractivity contribution < 1.29 is 9.90 Å². The molecular formula is C12H12ClN3O2. The van der Waals surface area contributed by atoms with Crippen LogP contribution in [0.1, 0.15) is 27.4 Å². The van der Waals surface area contributed by atoms with Crippen LogP contribution in [0.25, 0.3) is 5.69 Å². The van der Waals surface area contributed by atoms with E-state index in [1.165, 1.54) is 10.9 Å². The van der Waals surface area contributed by atoms with E-state index in [1.54, 1.807) is 26.8 Å². The standard InChI is InChI=1S/C12H12ClN3O2/c1-6-4-10(9(5-14-6)12(17)18)16-8(3)11(13)7(2)15-16/h4-5H,1-3H3,(H,17,18). The first-order valence-electron chi connectivity index (χ1n) is 5.34. The minimum atomic E-state index is -1.04. The summed E-state index contributed by atoms with van der Waals surface area (Å²) in [6.07, 6.45) is 1.33. The molecule has 2 heterocycles. The molecule has 2 rings (SSSR count). The number of aromatic nitrogens is 3. The molecule has 18 heavy (non-hydrogen) atoms. The van der Waals surface area contributed by atoms with Gasteiger partial charge in [0.25, 0.3) is 0 Å². The fourth-order valence-corrected chi connectivity index (χ4v) is 1.86. The summed E-state index contributed by atoms with van der Waals surface area (Å²) in [6, 6.07) is 1.68. The summed E-state index contributed by atoms with van der Waals surface area (Å²) in [4.78, 5) is 15.2. The predicted molar refractivity (Wildman–Crippen MR) is 67.5 cm³/mol. The first kappa shape index (κ1) is 12.6. The SMILES string of the molecule is Cc1cc(-n2nc(C)c(Cl)c2C)c(C(=O)O)cn1. The van der Waals surface area contributed by atoms with E-state index in [-0.39, 0.29) is 5.56 Å². The molecule has 0 saturated carbocycles. The zero-order valence-electron chi connectivity index (χ0n) is 10.2. The summed E-state index contributed by atoms with van der Waals surface area (Å²) in [5.74, 6) is -1.04. The summed E-state index contributed by atoms with van der Waals surface area (Å²) < 4.78 is 1.54. The smallest absolute Gasteiger partial charge is 0.339 e. The van der Waals surface area contributed by atoms with Crippen molar-refractivity contribution in [1.82, 2.24) is 14.8 Å². The minimum Gasteiger partial charge on any atom is -0.478 e. The number of hydrogen-bond acceptors (Lipinski definition) is 3. The fraction of sp³-hybridized carbons (Fsp3) is 0.250. The number of rotatable bonds is 2. The number of carbonyl (C=O) groups is 1. The van der Waals surface area contributed by atoms with Crippen molar-refractivity contribution in [1.29, 1.82) is 0 Å². The maximum atomic E-state index is 11.2. The highest BCUT2D eigenvalue weighted by Crippen LogP contribution is 2.24. The van der Waals surface area contributed by atoms with Crippen LogP contribution in [0.15, 0.2) is 12.3 Å². The molecule has 0 radical (unpaired) electrons. The maximum Gasteiger partial charge on any atom is 0.339 e. The summed E-state index contributed by atoms with van der Waals surface area (Å²) in [5, 5.41) is 14.0. The molecule has 0 aliphatic carbocycles.